The molecule has 2 atom stereocenters. The highest BCUT2D eigenvalue weighted by Gasteiger charge is 2.31. The second-order valence-electron chi connectivity index (χ2n) is 3.53. The van der Waals surface area contributed by atoms with E-state index in [1.807, 2.05) is 0 Å². The van der Waals surface area contributed by atoms with E-state index in [0.717, 1.165) is 0 Å². The Bertz CT molecular complexity index is 234. The van der Waals surface area contributed by atoms with Crippen LogP contribution in [0.1, 0.15) is 0 Å². The van der Waals surface area contributed by atoms with Crippen LogP contribution < -0.4 is 0 Å². The topological polar surface area (TPSA) is 72.8 Å². The number of hydrogen-bond acceptors (Lipinski definition) is 4. The maximum Gasteiger partial charge on any atom is 0.335 e. The molecule has 0 saturated carbocycles. The highest BCUT2D eigenvalue weighted by molar-refractivity contribution is 7.62. The van der Waals surface area contributed by atoms with Crippen molar-refractivity contribution in [3.63, 3.8) is 0 Å². The molecule has 0 aliphatic rings. The molecule has 0 fully saturated rings. The Kier molecular flexibility index (Phi) is 5.34. The van der Waals surface area contributed by atoms with Gasteiger partial charge in [0.1, 0.15) is 6.10 Å². The van der Waals surface area contributed by atoms with E-state index in [9.17, 15) is 9.36 Å². The van der Waals surface area contributed by atoms with Crippen molar-refractivity contribution in [1.29, 1.82) is 0 Å². The third kappa shape index (κ3) is 4.74. The summed E-state index contributed by atoms with van der Waals surface area (Å²) in [7, 11) is 0.363. The summed E-state index contributed by atoms with van der Waals surface area (Å²) in [6.45, 7) is 3.18. The molecule has 0 aliphatic carbocycles. The number of carbonyl (C=O) groups is 1. The fourth-order valence-electron chi connectivity index (χ4n) is 1.14. The lowest BCUT2D eigenvalue weighted by molar-refractivity contribution is -0.156. The summed E-state index contributed by atoms with van der Waals surface area (Å²) in [6, 6.07) is 0. The summed E-state index contributed by atoms with van der Waals surface area (Å²) in [5.41, 5.74) is 0. The van der Waals surface area contributed by atoms with Gasteiger partial charge in [-0.2, -0.15) is 0 Å². The fourth-order valence-corrected chi connectivity index (χ4v) is 2.35. The molecule has 84 valence electrons. The van der Waals surface area contributed by atoms with Gasteiger partial charge in [-0.3, -0.25) is 0 Å². The van der Waals surface area contributed by atoms with Crippen LogP contribution in [0.25, 0.3) is 0 Å². The average Bonchev–Trinajstić information content (AvgIpc) is 2.00. The van der Waals surface area contributed by atoms with Crippen LogP contribution in [-0.2, 0) is 18.8 Å². The van der Waals surface area contributed by atoms with Gasteiger partial charge in [0.2, 0.25) is 0 Å². The Balaban J connectivity index is 4.53. The van der Waals surface area contributed by atoms with Crippen molar-refractivity contribution in [2.45, 2.75) is 12.2 Å². The van der Waals surface area contributed by atoms with Gasteiger partial charge in [-0.15, -0.1) is 0 Å². The van der Waals surface area contributed by atoms with Crippen molar-refractivity contribution in [2.75, 3.05) is 33.7 Å². The van der Waals surface area contributed by atoms with E-state index in [1.54, 1.807) is 13.3 Å². The number of rotatable bonds is 6. The fraction of sp³-hybridized carbons (Fsp3) is 0.875. The Labute approximate surface area is 83.8 Å². The molecule has 0 saturated heterocycles. The monoisotopic (exact) mass is 224 g/mol. The summed E-state index contributed by atoms with van der Waals surface area (Å²) in [4.78, 5) is 10.7. The third-order valence-electron chi connectivity index (χ3n) is 1.76. The van der Waals surface area contributed by atoms with Crippen LogP contribution in [0.5, 0.6) is 0 Å². The van der Waals surface area contributed by atoms with Gasteiger partial charge in [0.15, 0.2) is 6.10 Å². The second kappa shape index (κ2) is 5.49. The van der Waals surface area contributed by atoms with Gasteiger partial charge in [0, 0.05) is 20.4 Å². The van der Waals surface area contributed by atoms with E-state index >= 15 is 0 Å². The zero-order chi connectivity index (χ0) is 11.4. The SMILES string of the molecule is COC(CP(C)(C)=O)C(OC)C(=O)O. The minimum atomic E-state index is -2.31. The van der Waals surface area contributed by atoms with Crippen LogP contribution in [0, 0.1) is 0 Å². The van der Waals surface area contributed by atoms with Crippen molar-refractivity contribution in [2.24, 2.45) is 0 Å². The molecule has 1 N–H and O–H groups in total. The van der Waals surface area contributed by atoms with Crippen LogP contribution in [-0.4, -0.2) is 57.0 Å². The molecular formula is C8H17O5P. The predicted molar refractivity (Wildman–Crippen MR) is 53.6 cm³/mol. The van der Waals surface area contributed by atoms with Crippen LogP contribution in [0.2, 0.25) is 0 Å². The van der Waals surface area contributed by atoms with Crippen molar-refractivity contribution < 1.29 is 23.9 Å². The van der Waals surface area contributed by atoms with Gasteiger partial charge >= 0.3 is 5.97 Å². The molecule has 6 heteroatoms. The molecule has 0 spiro atoms. The molecule has 14 heavy (non-hydrogen) atoms. The number of aliphatic carboxylic acids is 1. The van der Waals surface area contributed by atoms with E-state index in [1.165, 1.54) is 14.2 Å². The zero-order valence-corrected chi connectivity index (χ0v) is 9.78. The largest absolute Gasteiger partial charge is 0.479 e. The van der Waals surface area contributed by atoms with E-state index in [2.05, 4.69) is 0 Å². The lowest BCUT2D eigenvalue weighted by Crippen LogP contribution is -2.39. The van der Waals surface area contributed by atoms with Crippen molar-refractivity contribution in [3.8, 4) is 0 Å². The summed E-state index contributed by atoms with van der Waals surface area (Å²) >= 11 is 0. The minimum absolute atomic E-state index is 0.203. The Morgan fingerprint density at radius 1 is 1.36 bits per heavy atom. The third-order valence-corrected chi connectivity index (χ3v) is 3.00. The van der Waals surface area contributed by atoms with Gasteiger partial charge < -0.3 is 19.1 Å². The van der Waals surface area contributed by atoms with Crippen molar-refractivity contribution >= 4 is 13.1 Å². The quantitative estimate of drug-likeness (QED) is 0.673. The van der Waals surface area contributed by atoms with Crippen molar-refractivity contribution in [1.82, 2.24) is 0 Å². The lowest BCUT2D eigenvalue weighted by atomic mass is 10.2. The Hall–Kier alpha value is -0.380. The van der Waals surface area contributed by atoms with E-state index < -0.39 is 25.3 Å². The van der Waals surface area contributed by atoms with E-state index in [0.29, 0.717) is 0 Å². The van der Waals surface area contributed by atoms with Crippen LogP contribution in [0.4, 0.5) is 0 Å². The maximum absolute atomic E-state index is 11.5. The average molecular weight is 224 g/mol. The first-order valence-corrected chi connectivity index (χ1v) is 6.93. The standard InChI is InChI=1S/C8H17O5P/c1-12-6(5-14(3,4)11)7(13-2)8(9)10/h6-7H,5H2,1-4H3,(H,9,10). The van der Waals surface area contributed by atoms with Gasteiger partial charge in [0.05, 0.1) is 7.14 Å². The molecule has 0 aliphatic heterocycles. The summed E-state index contributed by atoms with van der Waals surface area (Å²) < 4.78 is 21.2. The van der Waals surface area contributed by atoms with E-state index in [4.69, 9.17) is 14.6 Å². The van der Waals surface area contributed by atoms with Gasteiger partial charge in [-0.05, 0) is 13.3 Å². The first-order valence-electron chi connectivity index (χ1n) is 4.14. The predicted octanol–water partition coefficient (Wildman–Crippen LogP) is 0.724. The molecular weight excluding hydrogens is 207 g/mol. The molecule has 0 rings (SSSR count). The van der Waals surface area contributed by atoms with Crippen LogP contribution >= 0.6 is 7.14 Å². The van der Waals surface area contributed by atoms with Crippen LogP contribution in [0.3, 0.4) is 0 Å². The molecule has 2 unspecified atom stereocenters. The van der Waals surface area contributed by atoms with Gasteiger partial charge in [-0.1, -0.05) is 0 Å². The first kappa shape index (κ1) is 13.6. The molecule has 0 aromatic carbocycles. The molecule has 0 amide bonds. The smallest absolute Gasteiger partial charge is 0.335 e. The summed E-state index contributed by atoms with van der Waals surface area (Å²) in [5.74, 6) is -1.10. The second-order valence-corrected chi connectivity index (χ2v) is 7.04. The molecule has 0 bridgehead atoms. The number of carboxylic acid groups (broad SMARTS) is 1. The number of carboxylic acids is 1. The first-order chi connectivity index (χ1) is 6.31. The maximum atomic E-state index is 11.5. The number of methoxy groups -OCH3 is 2. The molecule has 0 heterocycles. The molecule has 0 aromatic rings. The van der Waals surface area contributed by atoms with Gasteiger partial charge in [-0.25, -0.2) is 4.79 Å². The van der Waals surface area contributed by atoms with Gasteiger partial charge in [0.25, 0.3) is 0 Å². The lowest BCUT2D eigenvalue weighted by Gasteiger charge is -2.22. The highest BCUT2D eigenvalue weighted by atomic mass is 31.2. The molecule has 0 radical (unpaired) electrons. The number of ether oxygens (including phenoxy) is 2. The Morgan fingerprint density at radius 2 is 1.86 bits per heavy atom. The Morgan fingerprint density at radius 3 is 2.07 bits per heavy atom. The minimum Gasteiger partial charge on any atom is -0.479 e. The molecule has 5 nitrogen and oxygen atoms in total. The van der Waals surface area contributed by atoms with Crippen molar-refractivity contribution in [3.05, 3.63) is 0 Å². The number of hydrogen-bond donors (Lipinski definition) is 1. The van der Waals surface area contributed by atoms with Crippen LogP contribution in [0.15, 0.2) is 0 Å². The normalized spacial score (nSPS) is 16.3. The zero-order valence-electron chi connectivity index (χ0n) is 8.89. The summed E-state index contributed by atoms with van der Waals surface area (Å²) in [5, 5.41) is 8.78. The highest BCUT2D eigenvalue weighted by Crippen LogP contribution is 2.37. The van der Waals surface area contributed by atoms with E-state index in [-0.39, 0.29) is 6.16 Å². The summed E-state index contributed by atoms with van der Waals surface area (Å²) in [6.07, 6.45) is -1.53. The molecule has 0 aromatic heterocycles.